The number of ketones is 1. The molecule has 1 heterocycles. The van der Waals surface area contributed by atoms with Crippen LogP contribution in [0.1, 0.15) is 89.9 Å². The topological polar surface area (TPSA) is 132 Å². The lowest BCUT2D eigenvalue weighted by molar-refractivity contribution is -0.829. The summed E-state index contributed by atoms with van der Waals surface area (Å²) in [5.41, 5.74) is 4.91. The Bertz CT molecular complexity index is 1050. The van der Waals surface area contributed by atoms with E-state index in [1.165, 1.54) is 24.2 Å². The molecule has 5 fully saturated rings. The van der Waals surface area contributed by atoms with Crippen molar-refractivity contribution in [2.45, 2.75) is 102 Å². The van der Waals surface area contributed by atoms with Gasteiger partial charge in [0.05, 0.1) is 25.1 Å². The number of nitrogens with zero attached hydrogens (tertiary/aromatic N) is 1. The molecule has 8 heteroatoms. The molecule has 0 aromatic carbocycles. The number of likely N-dealkylation sites (tertiary alicyclic amines) is 1. The maximum absolute atomic E-state index is 13.5. The van der Waals surface area contributed by atoms with Crippen molar-refractivity contribution in [3.63, 3.8) is 0 Å². The predicted octanol–water partition coefficient (Wildman–Crippen LogP) is 0.485. The molecule has 0 radical (unpaired) electrons. The Morgan fingerprint density at radius 1 is 1.11 bits per heavy atom. The smallest absolute Gasteiger partial charge is 0.293 e. The van der Waals surface area contributed by atoms with Gasteiger partial charge >= 0.3 is 0 Å². The van der Waals surface area contributed by atoms with Crippen LogP contribution in [-0.4, -0.2) is 61.1 Å². The van der Waals surface area contributed by atoms with Gasteiger partial charge < -0.3 is 26.1 Å². The first-order chi connectivity index (χ1) is 18.3. The normalized spacial score (nSPS) is 43.7. The molecule has 0 aromatic rings. The monoisotopic (exact) mass is 526 g/mol. The number of hydrogen-bond donors (Lipinski definition) is 4. The van der Waals surface area contributed by atoms with Crippen molar-refractivity contribution in [1.82, 2.24) is 5.32 Å². The SMILES string of the molecule is CNCC1CC[NH+](C(N)=NC2CCCCC2)CC12C1CCC3CCCCC(=O)C4(O)CC32C(=C4C(=O)[O-])C1. The molecule has 5 aliphatic carbocycles. The highest BCUT2D eigenvalue weighted by Crippen LogP contribution is 2.77. The Morgan fingerprint density at radius 2 is 1.84 bits per heavy atom. The summed E-state index contributed by atoms with van der Waals surface area (Å²) in [6.07, 6.45) is 12.7. The third kappa shape index (κ3) is 3.62. The number of rotatable bonds is 4. The average Bonchev–Trinajstić information content (AvgIpc) is 3.26. The van der Waals surface area contributed by atoms with Gasteiger partial charge in [0.2, 0.25) is 0 Å². The van der Waals surface area contributed by atoms with Crippen molar-refractivity contribution in [3.05, 3.63) is 11.1 Å². The first-order valence-electron chi connectivity index (χ1n) is 15.3. The molecule has 8 nitrogen and oxygen atoms in total. The fraction of sp³-hybridized carbons (Fsp3) is 0.833. The number of quaternary nitrogens is 1. The number of aliphatic imine (C=N–C) groups is 1. The third-order valence-electron chi connectivity index (χ3n) is 12.0. The number of carbonyl (C=O) groups excluding carboxylic acids is 2. The molecular formula is C30H46N4O4. The average molecular weight is 527 g/mol. The van der Waals surface area contributed by atoms with Crippen LogP contribution in [0.2, 0.25) is 0 Å². The van der Waals surface area contributed by atoms with Crippen LogP contribution in [0.3, 0.4) is 0 Å². The number of hydrogen-bond acceptors (Lipinski definition) is 6. The minimum atomic E-state index is -1.93. The Balaban J connectivity index is 1.50. The zero-order chi connectivity index (χ0) is 26.7. The second kappa shape index (κ2) is 9.70. The van der Waals surface area contributed by atoms with E-state index in [4.69, 9.17) is 10.7 Å². The van der Waals surface area contributed by atoms with E-state index >= 15 is 0 Å². The van der Waals surface area contributed by atoms with Crippen molar-refractivity contribution < 1.29 is 24.7 Å². The lowest BCUT2D eigenvalue weighted by Gasteiger charge is -2.61. The molecule has 3 bridgehead atoms. The van der Waals surface area contributed by atoms with Gasteiger partial charge in [-0.05, 0) is 82.7 Å². The highest BCUT2D eigenvalue weighted by atomic mass is 16.4. The van der Waals surface area contributed by atoms with E-state index in [1.54, 1.807) is 0 Å². The summed E-state index contributed by atoms with van der Waals surface area (Å²) < 4.78 is 0. The number of carboxylic acid groups (broad SMARTS) is 1. The molecule has 6 aliphatic rings. The van der Waals surface area contributed by atoms with Gasteiger partial charge in [0.1, 0.15) is 0 Å². The Hall–Kier alpha value is -1.77. The number of carbonyl (C=O) groups is 2. The molecule has 5 N–H and O–H groups in total. The van der Waals surface area contributed by atoms with Crippen molar-refractivity contribution in [3.8, 4) is 0 Å². The van der Waals surface area contributed by atoms with Gasteiger partial charge in [-0.3, -0.25) is 9.69 Å². The van der Waals surface area contributed by atoms with Crippen LogP contribution in [0, 0.1) is 28.6 Å². The number of aliphatic hydroxyl groups is 1. The zero-order valence-corrected chi connectivity index (χ0v) is 23.0. The van der Waals surface area contributed by atoms with Gasteiger partial charge in [-0.25, -0.2) is 4.99 Å². The van der Waals surface area contributed by atoms with E-state index in [1.807, 2.05) is 7.05 Å². The number of nitrogens with one attached hydrogen (secondary N) is 2. The number of fused-ring (bicyclic) bond motifs is 1. The molecule has 0 amide bonds. The minimum Gasteiger partial charge on any atom is -0.545 e. The van der Waals surface area contributed by atoms with E-state index < -0.39 is 17.0 Å². The summed E-state index contributed by atoms with van der Waals surface area (Å²) in [7, 11) is 2.00. The molecule has 7 atom stereocenters. The van der Waals surface area contributed by atoms with Crippen LogP contribution in [0.4, 0.5) is 0 Å². The molecule has 210 valence electrons. The standard InChI is InChI=1S/C30H46N4O4/c1-32-16-21-13-14-34(27(31)33-22-8-3-2-4-9-22)18-29(21)20-12-11-19-7-5-6-10-24(35)30(38)17-28(19,29)23(15-20)25(30)26(36)37/h19-22,32,38H,2-18H2,1H3,(H2,31,33)(H,36,37). The number of carboxylic acids is 1. The fourth-order valence-corrected chi connectivity index (χ4v) is 10.6. The Kier molecular flexibility index (Phi) is 6.75. The fourth-order valence-electron chi connectivity index (χ4n) is 10.6. The number of piperidine rings is 1. The van der Waals surface area contributed by atoms with Crippen LogP contribution < -0.4 is 21.1 Å². The number of aliphatic carboxylic acids is 1. The molecule has 4 saturated carbocycles. The van der Waals surface area contributed by atoms with E-state index in [9.17, 15) is 19.8 Å². The third-order valence-corrected chi connectivity index (χ3v) is 12.0. The molecule has 1 aliphatic heterocycles. The maximum atomic E-state index is 13.5. The van der Waals surface area contributed by atoms with Crippen LogP contribution in [0.25, 0.3) is 0 Å². The summed E-state index contributed by atoms with van der Waals surface area (Å²) in [6.45, 7) is 2.56. The predicted molar refractivity (Wildman–Crippen MR) is 142 cm³/mol. The summed E-state index contributed by atoms with van der Waals surface area (Å²) in [5.74, 6) is -0.0604. The number of nitrogens with two attached hydrogens (primary N) is 1. The summed E-state index contributed by atoms with van der Waals surface area (Å²) in [6, 6.07) is 0.305. The largest absolute Gasteiger partial charge is 0.545 e. The summed E-state index contributed by atoms with van der Waals surface area (Å²) in [4.78, 5) is 32.5. The highest BCUT2D eigenvalue weighted by molar-refractivity contribution is 6.03. The van der Waals surface area contributed by atoms with Gasteiger partial charge in [-0.15, -0.1) is 0 Å². The number of Topliss-reactive ketones (excluding diaryl/α,β-unsaturated/α-hetero) is 1. The first kappa shape index (κ1) is 26.5. The van der Waals surface area contributed by atoms with Crippen LogP contribution in [0.5, 0.6) is 0 Å². The van der Waals surface area contributed by atoms with Gasteiger partial charge in [0.15, 0.2) is 11.4 Å². The van der Waals surface area contributed by atoms with Gasteiger partial charge in [0, 0.05) is 29.2 Å². The molecular weight excluding hydrogens is 480 g/mol. The van der Waals surface area contributed by atoms with Crippen molar-refractivity contribution in [1.29, 1.82) is 0 Å². The Morgan fingerprint density at radius 3 is 2.58 bits per heavy atom. The summed E-state index contributed by atoms with van der Waals surface area (Å²) >= 11 is 0. The lowest BCUT2D eigenvalue weighted by Crippen LogP contribution is -3.19. The van der Waals surface area contributed by atoms with Gasteiger partial charge in [-0.1, -0.05) is 31.3 Å². The van der Waals surface area contributed by atoms with Crippen molar-refractivity contribution >= 4 is 17.7 Å². The van der Waals surface area contributed by atoms with Crippen LogP contribution >= 0.6 is 0 Å². The Labute approximate surface area is 226 Å². The second-order valence-electron chi connectivity index (χ2n) is 13.4. The second-order valence-corrected chi connectivity index (χ2v) is 13.4. The summed E-state index contributed by atoms with van der Waals surface area (Å²) in [5, 5.41) is 28.2. The molecule has 6 rings (SSSR count). The molecule has 2 spiro atoms. The molecule has 38 heavy (non-hydrogen) atoms. The molecule has 0 aromatic heterocycles. The molecule has 1 saturated heterocycles. The van der Waals surface area contributed by atoms with E-state index in [-0.39, 0.29) is 35.5 Å². The zero-order valence-electron chi connectivity index (χ0n) is 23.0. The number of guanidine groups is 1. The quantitative estimate of drug-likeness (QED) is 0.311. The van der Waals surface area contributed by atoms with Crippen LogP contribution in [-0.2, 0) is 9.59 Å². The maximum Gasteiger partial charge on any atom is 0.293 e. The minimum absolute atomic E-state index is 0.0719. The van der Waals surface area contributed by atoms with Crippen LogP contribution in [0.15, 0.2) is 16.1 Å². The highest BCUT2D eigenvalue weighted by Gasteiger charge is 2.77. The van der Waals surface area contributed by atoms with Gasteiger partial charge in [-0.2, -0.15) is 0 Å². The van der Waals surface area contributed by atoms with Gasteiger partial charge in [0.25, 0.3) is 5.96 Å². The number of allylic oxidation sites excluding steroid dienone is 1. The van der Waals surface area contributed by atoms with E-state index in [2.05, 4.69) is 5.32 Å². The lowest BCUT2D eigenvalue weighted by atomic mass is 9.44. The van der Waals surface area contributed by atoms with Crippen molar-refractivity contribution in [2.24, 2.45) is 39.3 Å². The van der Waals surface area contributed by atoms with Crippen molar-refractivity contribution in [2.75, 3.05) is 26.7 Å². The first-order valence-corrected chi connectivity index (χ1v) is 15.3. The molecule has 7 unspecified atom stereocenters. The van der Waals surface area contributed by atoms with E-state index in [0.29, 0.717) is 36.7 Å². The van der Waals surface area contributed by atoms with E-state index in [0.717, 1.165) is 70.2 Å².